The third-order valence-corrected chi connectivity index (χ3v) is 6.08. The highest BCUT2D eigenvalue weighted by Gasteiger charge is 2.60. The molecular formula is C18H24O4. The normalized spacial score (nSPS) is 38.4. The lowest BCUT2D eigenvalue weighted by molar-refractivity contribution is -0.143. The second-order valence-electron chi connectivity index (χ2n) is 7.12. The summed E-state index contributed by atoms with van der Waals surface area (Å²) >= 11 is 0. The van der Waals surface area contributed by atoms with Crippen molar-refractivity contribution in [1.29, 1.82) is 0 Å². The Bertz CT molecular complexity index is 497. The van der Waals surface area contributed by atoms with Gasteiger partial charge in [0.2, 0.25) is 0 Å². The molecule has 22 heavy (non-hydrogen) atoms. The molecule has 0 N–H and O–H groups in total. The Balaban J connectivity index is 1.61. The minimum atomic E-state index is -0.338. The summed E-state index contributed by atoms with van der Waals surface area (Å²) in [5, 5.41) is 0. The fourth-order valence-corrected chi connectivity index (χ4v) is 5.21. The maximum Gasteiger partial charge on any atom is 0.330 e. The van der Waals surface area contributed by atoms with Crippen molar-refractivity contribution in [3.8, 4) is 0 Å². The standard InChI is InChI=1S/C18H24O4/c1-3-16(19)21-10-12-7-14-13-5-6-18(9-13,15(14)8-12)11-22-17(20)4-2/h3-4,12-15H,1-2,5-11H2/t12-,13?,14+,15-,18?/m1/s1. The summed E-state index contributed by atoms with van der Waals surface area (Å²) in [7, 11) is 0. The van der Waals surface area contributed by atoms with Crippen molar-refractivity contribution in [2.24, 2.45) is 29.1 Å². The fraction of sp³-hybridized carbons (Fsp3) is 0.667. The van der Waals surface area contributed by atoms with Crippen LogP contribution in [0.4, 0.5) is 0 Å². The zero-order valence-electron chi connectivity index (χ0n) is 13.0. The number of esters is 2. The van der Waals surface area contributed by atoms with E-state index in [-0.39, 0.29) is 17.4 Å². The molecule has 3 fully saturated rings. The highest BCUT2D eigenvalue weighted by Crippen LogP contribution is 2.66. The Labute approximate surface area is 131 Å². The monoisotopic (exact) mass is 304 g/mol. The summed E-state index contributed by atoms with van der Waals surface area (Å²) in [4.78, 5) is 22.6. The van der Waals surface area contributed by atoms with Gasteiger partial charge in [-0.2, -0.15) is 0 Å². The lowest BCUT2D eigenvalue weighted by atomic mass is 9.72. The lowest BCUT2D eigenvalue weighted by Crippen LogP contribution is -2.33. The number of hydrogen-bond donors (Lipinski definition) is 0. The summed E-state index contributed by atoms with van der Waals surface area (Å²) in [5.41, 5.74) is 0.158. The van der Waals surface area contributed by atoms with Gasteiger partial charge in [0.15, 0.2) is 0 Å². The second kappa shape index (κ2) is 5.90. The molecule has 0 heterocycles. The van der Waals surface area contributed by atoms with Crippen molar-refractivity contribution in [2.75, 3.05) is 13.2 Å². The first-order valence-electron chi connectivity index (χ1n) is 8.16. The van der Waals surface area contributed by atoms with E-state index in [1.165, 1.54) is 25.0 Å². The number of fused-ring (bicyclic) bond motifs is 5. The van der Waals surface area contributed by atoms with Gasteiger partial charge in [-0.3, -0.25) is 0 Å². The van der Waals surface area contributed by atoms with Gasteiger partial charge >= 0.3 is 11.9 Å². The first-order chi connectivity index (χ1) is 10.6. The highest BCUT2D eigenvalue weighted by atomic mass is 16.5. The van der Waals surface area contributed by atoms with Crippen LogP contribution < -0.4 is 0 Å². The summed E-state index contributed by atoms with van der Waals surface area (Å²) in [6.07, 6.45) is 8.26. The lowest BCUT2D eigenvalue weighted by Gasteiger charge is -2.35. The molecule has 0 aliphatic heterocycles. The number of carbonyl (C=O) groups is 2. The molecule has 0 saturated heterocycles. The van der Waals surface area contributed by atoms with Crippen LogP contribution in [0.25, 0.3) is 0 Å². The zero-order valence-corrected chi connectivity index (χ0v) is 13.0. The Kier molecular flexibility index (Phi) is 4.11. The van der Waals surface area contributed by atoms with Gasteiger partial charge in [-0.15, -0.1) is 0 Å². The minimum Gasteiger partial charge on any atom is -0.462 e. The number of rotatable bonds is 6. The largest absolute Gasteiger partial charge is 0.462 e. The van der Waals surface area contributed by atoms with Gasteiger partial charge in [-0.05, 0) is 55.8 Å². The molecular weight excluding hydrogens is 280 g/mol. The smallest absolute Gasteiger partial charge is 0.330 e. The van der Waals surface area contributed by atoms with Crippen molar-refractivity contribution in [3.63, 3.8) is 0 Å². The van der Waals surface area contributed by atoms with Gasteiger partial charge in [0.1, 0.15) is 0 Å². The van der Waals surface area contributed by atoms with E-state index in [1.54, 1.807) is 0 Å². The van der Waals surface area contributed by atoms with E-state index in [1.807, 2.05) is 0 Å². The summed E-state index contributed by atoms with van der Waals surface area (Å²) in [6, 6.07) is 0. The van der Waals surface area contributed by atoms with Crippen LogP contribution in [0, 0.1) is 29.1 Å². The molecule has 3 aliphatic carbocycles. The molecule has 3 saturated carbocycles. The summed E-state index contributed by atoms with van der Waals surface area (Å²) < 4.78 is 10.6. The van der Waals surface area contributed by atoms with Crippen LogP contribution in [0.5, 0.6) is 0 Å². The Morgan fingerprint density at radius 3 is 2.59 bits per heavy atom. The van der Waals surface area contributed by atoms with Gasteiger partial charge in [0.05, 0.1) is 13.2 Å². The van der Waals surface area contributed by atoms with Gasteiger partial charge < -0.3 is 9.47 Å². The molecule has 0 radical (unpaired) electrons. The average Bonchev–Trinajstić information content (AvgIpc) is 3.20. The van der Waals surface area contributed by atoms with Crippen LogP contribution in [-0.2, 0) is 19.1 Å². The first kappa shape index (κ1) is 15.3. The van der Waals surface area contributed by atoms with Crippen molar-refractivity contribution < 1.29 is 19.1 Å². The Hall–Kier alpha value is -1.58. The van der Waals surface area contributed by atoms with Gasteiger partial charge in [-0.1, -0.05) is 13.2 Å². The van der Waals surface area contributed by atoms with Crippen molar-refractivity contribution in [2.45, 2.75) is 32.1 Å². The van der Waals surface area contributed by atoms with Gasteiger partial charge in [0, 0.05) is 17.6 Å². The molecule has 0 aromatic carbocycles. The Morgan fingerprint density at radius 1 is 1.14 bits per heavy atom. The fourth-order valence-electron chi connectivity index (χ4n) is 5.21. The van der Waals surface area contributed by atoms with E-state index in [9.17, 15) is 9.59 Å². The minimum absolute atomic E-state index is 0.158. The van der Waals surface area contributed by atoms with Crippen LogP contribution in [0.1, 0.15) is 32.1 Å². The van der Waals surface area contributed by atoms with E-state index < -0.39 is 0 Å². The van der Waals surface area contributed by atoms with E-state index in [0.29, 0.717) is 31.0 Å². The van der Waals surface area contributed by atoms with Crippen molar-refractivity contribution in [1.82, 2.24) is 0 Å². The molecule has 4 heteroatoms. The summed E-state index contributed by atoms with van der Waals surface area (Å²) in [5.74, 6) is 1.85. The van der Waals surface area contributed by atoms with Crippen LogP contribution in [-0.4, -0.2) is 25.2 Å². The van der Waals surface area contributed by atoms with Gasteiger partial charge in [-0.25, -0.2) is 9.59 Å². The van der Waals surface area contributed by atoms with E-state index in [0.717, 1.165) is 25.2 Å². The highest BCUT2D eigenvalue weighted by molar-refractivity contribution is 5.81. The molecule has 0 aromatic heterocycles. The van der Waals surface area contributed by atoms with Crippen LogP contribution in [0.3, 0.4) is 0 Å². The van der Waals surface area contributed by atoms with Gasteiger partial charge in [0.25, 0.3) is 0 Å². The van der Waals surface area contributed by atoms with E-state index >= 15 is 0 Å². The molecule has 0 spiro atoms. The van der Waals surface area contributed by atoms with Crippen LogP contribution >= 0.6 is 0 Å². The zero-order chi connectivity index (χ0) is 15.7. The Morgan fingerprint density at radius 2 is 1.86 bits per heavy atom. The SMILES string of the molecule is C=CC(=O)OC[C@H]1C[C@@H]2[C@@H](C1)C1CCC2(COC(=O)C=C)C1. The molecule has 3 rings (SSSR count). The van der Waals surface area contributed by atoms with E-state index in [2.05, 4.69) is 13.2 Å². The molecule has 2 unspecified atom stereocenters. The van der Waals surface area contributed by atoms with Crippen LogP contribution in [0.15, 0.2) is 25.3 Å². The molecule has 0 amide bonds. The topological polar surface area (TPSA) is 52.6 Å². The molecule has 0 aromatic rings. The molecule has 2 bridgehead atoms. The third-order valence-electron chi connectivity index (χ3n) is 6.08. The molecule has 3 aliphatic rings. The average molecular weight is 304 g/mol. The predicted octanol–water partition coefficient (Wildman–Crippen LogP) is 2.89. The number of ether oxygens (including phenoxy) is 2. The number of carbonyl (C=O) groups excluding carboxylic acids is 2. The molecule has 4 nitrogen and oxygen atoms in total. The molecule has 5 atom stereocenters. The maximum absolute atomic E-state index is 11.4. The predicted molar refractivity (Wildman–Crippen MR) is 81.8 cm³/mol. The third kappa shape index (κ3) is 2.59. The van der Waals surface area contributed by atoms with Crippen molar-refractivity contribution in [3.05, 3.63) is 25.3 Å². The first-order valence-corrected chi connectivity index (χ1v) is 8.16. The van der Waals surface area contributed by atoms with E-state index in [4.69, 9.17) is 9.47 Å². The van der Waals surface area contributed by atoms with Crippen molar-refractivity contribution >= 4 is 11.9 Å². The molecule has 120 valence electrons. The quantitative estimate of drug-likeness (QED) is 0.559. The summed E-state index contributed by atoms with van der Waals surface area (Å²) in [6.45, 7) is 7.90. The maximum atomic E-state index is 11.4. The number of hydrogen-bond acceptors (Lipinski definition) is 4. The second-order valence-corrected chi connectivity index (χ2v) is 7.12. The van der Waals surface area contributed by atoms with Crippen LogP contribution in [0.2, 0.25) is 0 Å².